The Hall–Kier alpha value is -4.28. The molecule has 3 aromatic carbocycles. The zero-order valence-electron chi connectivity index (χ0n) is 23.3. The number of hydrogen-bond donors (Lipinski definition) is 0. The van der Waals surface area contributed by atoms with E-state index in [-0.39, 0.29) is 23.1 Å². The van der Waals surface area contributed by atoms with Gasteiger partial charge in [0.15, 0.2) is 0 Å². The van der Waals surface area contributed by atoms with Crippen molar-refractivity contribution in [2.75, 3.05) is 26.2 Å². The van der Waals surface area contributed by atoms with E-state index < -0.39 is 0 Å². The summed E-state index contributed by atoms with van der Waals surface area (Å²) in [6.07, 6.45) is 4.41. The van der Waals surface area contributed by atoms with E-state index in [4.69, 9.17) is 5.26 Å². The van der Waals surface area contributed by atoms with Crippen molar-refractivity contribution >= 4 is 5.91 Å². The van der Waals surface area contributed by atoms with Crippen LogP contribution in [-0.2, 0) is 12.0 Å². The van der Waals surface area contributed by atoms with Crippen LogP contribution in [0.5, 0.6) is 0 Å². The summed E-state index contributed by atoms with van der Waals surface area (Å²) in [5.74, 6) is -0.123. The summed E-state index contributed by atoms with van der Waals surface area (Å²) in [7, 11) is 0. The first-order valence-electron chi connectivity index (χ1n) is 14.3. The van der Waals surface area contributed by atoms with Gasteiger partial charge in [0.2, 0.25) is 0 Å². The number of halogens is 1. The van der Waals surface area contributed by atoms with Gasteiger partial charge in [-0.15, -0.1) is 0 Å². The largest absolute Gasteiger partial charge is 0.338 e. The third-order valence-electron chi connectivity index (χ3n) is 8.80. The summed E-state index contributed by atoms with van der Waals surface area (Å²) in [5, 5.41) is 13.8. The van der Waals surface area contributed by atoms with Crippen molar-refractivity contribution in [3.8, 4) is 11.8 Å². The third-order valence-corrected chi connectivity index (χ3v) is 8.80. The van der Waals surface area contributed by atoms with E-state index in [2.05, 4.69) is 47.3 Å². The van der Waals surface area contributed by atoms with E-state index in [0.29, 0.717) is 24.2 Å². The normalized spacial score (nSPS) is 19.8. The lowest BCUT2D eigenvalue weighted by Crippen LogP contribution is -2.35. The molecule has 4 aromatic rings. The monoisotopic (exact) mass is 547 g/mol. The number of rotatable bonds is 6. The van der Waals surface area contributed by atoms with Crippen molar-refractivity contribution in [3.05, 3.63) is 119 Å². The molecule has 0 spiro atoms. The average Bonchev–Trinajstić information content (AvgIpc) is 3.64. The van der Waals surface area contributed by atoms with Gasteiger partial charge in [-0.2, -0.15) is 10.4 Å². The lowest BCUT2D eigenvalue weighted by atomic mass is 9.82. The Balaban J connectivity index is 1.24. The van der Waals surface area contributed by atoms with Gasteiger partial charge in [-0.05, 0) is 79.9 Å². The smallest absolute Gasteiger partial charge is 0.257 e. The van der Waals surface area contributed by atoms with Crippen molar-refractivity contribution in [1.82, 2.24) is 19.6 Å². The number of carbonyl (C=O) groups is 1. The van der Waals surface area contributed by atoms with Gasteiger partial charge < -0.3 is 4.90 Å². The molecule has 6 rings (SSSR count). The fourth-order valence-corrected chi connectivity index (χ4v) is 6.39. The predicted octanol–water partition coefficient (Wildman–Crippen LogP) is 6.07. The minimum Gasteiger partial charge on any atom is -0.338 e. The molecule has 2 saturated heterocycles. The summed E-state index contributed by atoms with van der Waals surface area (Å²) >= 11 is 0. The highest BCUT2D eigenvalue weighted by molar-refractivity contribution is 5.96. The fraction of sp³-hybridized carbons (Fsp3) is 0.324. The summed E-state index contributed by atoms with van der Waals surface area (Å²) in [6.45, 7) is 6.22. The molecule has 1 amide bonds. The summed E-state index contributed by atoms with van der Waals surface area (Å²) in [6, 6.07) is 26.7. The van der Waals surface area contributed by atoms with Gasteiger partial charge in [-0.1, -0.05) is 49.4 Å². The van der Waals surface area contributed by atoms with E-state index in [1.807, 2.05) is 39.9 Å². The van der Waals surface area contributed by atoms with Crippen LogP contribution >= 0.6 is 0 Å². The number of likely N-dealkylation sites (tertiary alicyclic amines) is 2. The highest BCUT2D eigenvalue weighted by Crippen LogP contribution is 2.37. The van der Waals surface area contributed by atoms with Gasteiger partial charge in [-0.3, -0.25) is 9.69 Å². The molecule has 1 aromatic heterocycles. The second-order valence-electron chi connectivity index (χ2n) is 11.6. The minimum atomic E-state index is -0.299. The molecule has 0 N–H and O–H groups in total. The van der Waals surface area contributed by atoms with Crippen molar-refractivity contribution in [3.63, 3.8) is 0 Å². The molecule has 3 heterocycles. The SMILES string of the molecule is C[C@@]1(c2ccccc2)CCN(C(=O)c2cnn(-c3ccc(F)cc3)c2C2CCN(Cc3ccc(C#N)cc3)CC2)C1. The number of amides is 1. The molecule has 1 atom stereocenters. The molecule has 0 radical (unpaired) electrons. The molecular formula is C34H34FN5O. The second kappa shape index (κ2) is 11.3. The number of carbonyl (C=O) groups excluding carboxylic acids is 1. The van der Waals surface area contributed by atoms with Crippen LogP contribution in [0.4, 0.5) is 4.39 Å². The van der Waals surface area contributed by atoms with Gasteiger partial charge in [-0.25, -0.2) is 9.07 Å². The Morgan fingerprint density at radius 1 is 1.00 bits per heavy atom. The fourth-order valence-electron chi connectivity index (χ4n) is 6.39. The zero-order valence-corrected chi connectivity index (χ0v) is 23.3. The molecule has 0 saturated carbocycles. The van der Waals surface area contributed by atoms with Gasteiger partial charge in [0.05, 0.1) is 34.8 Å². The van der Waals surface area contributed by atoms with Crippen molar-refractivity contribution in [2.24, 2.45) is 0 Å². The molecule has 6 nitrogen and oxygen atoms in total. The van der Waals surface area contributed by atoms with Crippen molar-refractivity contribution < 1.29 is 9.18 Å². The van der Waals surface area contributed by atoms with Crippen LogP contribution in [-0.4, -0.2) is 51.7 Å². The Kier molecular flexibility index (Phi) is 7.42. The summed E-state index contributed by atoms with van der Waals surface area (Å²) < 4.78 is 15.6. The lowest BCUT2D eigenvalue weighted by molar-refractivity contribution is 0.0782. The van der Waals surface area contributed by atoms with Crippen molar-refractivity contribution in [1.29, 1.82) is 5.26 Å². The van der Waals surface area contributed by atoms with E-state index in [1.165, 1.54) is 23.3 Å². The van der Waals surface area contributed by atoms with Crippen LogP contribution in [0.2, 0.25) is 0 Å². The van der Waals surface area contributed by atoms with E-state index >= 15 is 0 Å². The summed E-state index contributed by atoms with van der Waals surface area (Å²) in [4.78, 5) is 18.5. The quantitative estimate of drug-likeness (QED) is 0.294. The molecule has 2 aliphatic rings. The van der Waals surface area contributed by atoms with E-state index in [9.17, 15) is 9.18 Å². The molecule has 0 bridgehead atoms. The molecule has 0 unspecified atom stereocenters. The van der Waals surface area contributed by atoms with Crippen LogP contribution in [0.25, 0.3) is 5.69 Å². The van der Waals surface area contributed by atoms with Crippen molar-refractivity contribution in [2.45, 2.75) is 44.1 Å². The van der Waals surface area contributed by atoms with Crippen LogP contribution in [0.1, 0.15) is 64.8 Å². The Labute approximate surface area is 240 Å². The topological polar surface area (TPSA) is 65.2 Å². The number of nitrogens with zero attached hydrogens (tertiary/aromatic N) is 5. The maximum atomic E-state index is 14.1. The standard InChI is InChI=1S/C34H34FN5O/c1-34(28-5-3-2-4-6-28)17-20-39(24-34)33(41)31-22-37-40(30-13-11-29(35)12-14-30)32(31)27-15-18-38(19-16-27)23-26-9-7-25(21-36)8-10-26/h2-14,22,27H,15-20,23-24H2,1H3/t34-/m1/s1. The lowest BCUT2D eigenvalue weighted by Gasteiger charge is -2.33. The average molecular weight is 548 g/mol. The van der Waals surface area contributed by atoms with Crippen LogP contribution < -0.4 is 0 Å². The molecule has 2 aliphatic heterocycles. The summed E-state index contributed by atoms with van der Waals surface area (Å²) in [5.41, 5.74) is 5.36. The molecular weight excluding hydrogens is 513 g/mol. The number of nitriles is 1. The van der Waals surface area contributed by atoms with Crippen LogP contribution in [0.3, 0.4) is 0 Å². The third kappa shape index (κ3) is 5.53. The first kappa shape index (κ1) is 26.9. The number of aromatic nitrogens is 2. The zero-order chi connectivity index (χ0) is 28.4. The molecule has 208 valence electrons. The first-order chi connectivity index (χ1) is 19.9. The van der Waals surface area contributed by atoms with Crippen LogP contribution in [0, 0.1) is 17.1 Å². The van der Waals surface area contributed by atoms with Gasteiger partial charge >= 0.3 is 0 Å². The minimum absolute atomic E-state index is 0.0213. The maximum absolute atomic E-state index is 14.1. The highest BCUT2D eigenvalue weighted by Gasteiger charge is 2.39. The van der Waals surface area contributed by atoms with E-state index in [1.54, 1.807) is 18.3 Å². The first-order valence-corrected chi connectivity index (χ1v) is 14.3. The molecule has 2 fully saturated rings. The maximum Gasteiger partial charge on any atom is 0.257 e. The molecule has 41 heavy (non-hydrogen) atoms. The Bertz CT molecular complexity index is 1550. The highest BCUT2D eigenvalue weighted by atomic mass is 19.1. The Morgan fingerprint density at radius 3 is 2.39 bits per heavy atom. The van der Waals surface area contributed by atoms with E-state index in [0.717, 1.165) is 50.3 Å². The molecule has 0 aliphatic carbocycles. The number of piperidine rings is 1. The van der Waals surface area contributed by atoms with Gasteiger partial charge in [0.1, 0.15) is 5.82 Å². The predicted molar refractivity (Wildman–Crippen MR) is 156 cm³/mol. The number of benzene rings is 3. The molecule has 7 heteroatoms. The van der Waals surface area contributed by atoms with Gasteiger partial charge in [0.25, 0.3) is 5.91 Å². The number of hydrogen-bond acceptors (Lipinski definition) is 4. The second-order valence-corrected chi connectivity index (χ2v) is 11.6. The Morgan fingerprint density at radius 2 is 1.71 bits per heavy atom. The van der Waals surface area contributed by atoms with Crippen LogP contribution in [0.15, 0.2) is 85.1 Å². The van der Waals surface area contributed by atoms with Gasteiger partial charge in [0, 0.05) is 31.0 Å².